The lowest BCUT2D eigenvalue weighted by Gasteiger charge is -2.24. The van der Waals surface area contributed by atoms with E-state index in [-0.39, 0.29) is 29.8 Å². The number of benzene rings is 2. The average molecular weight is 496 g/mol. The van der Waals surface area contributed by atoms with Crippen LogP contribution in [0.1, 0.15) is 35.9 Å². The van der Waals surface area contributed by atoms with Gasteiger partial charge in [0.2, 0.25) is 0 Å². The number of ketones is 1. The van der Waals surface area contributed by atoms with Crippen LogP contribution in [0.25, 0.3) is 5.76 Å². The van der Waals surface area contributed by atoms with Crippen LogP contribution in [0, 0.1) is 0 Å². The molecule has 0 saturated carbocycles. The molecule has 1 aliphatic rings. The number of amides is 1. The molecule has 1 N–H and O–H groups in total. The summed E-state index contributed by atoms with van der Waals surface area (Å²) in [6, 6.07) is 16.1. The van der Waals surface area contributed by atoms with Gasteiger partial charge in [-0.2, -0.15) is 0 Å². The van der Waals surface area contributed by atoms with E-state index in [9.17, 15) is 19.5 Å². The molecule has 1 unspecified atom stereocenters. The zero-order chi connectivity index (χ0) is 24.4. The van der Waals surface area contributed by atoms with Crippen molar-refractivity contribution in [2.45, 2.75) is 32.4 Å². The SMILES string of the molecule is CC(C)OC(=O)Cc1ccc(N2C(=O)C(=O)/C(=C(\O)c3cccc(Cl)c3)C2c2cccs2)cc1. The molecule has 4 rings (SSSR count). The second-order valence-corrected chi connectivity index (χ2v) is 9.49. The quantitative estimate of drug-likeness (QED) is 0.210. The molecule has 0 aliphatic carbocycles. The van der Waals surface area contributed by atoms with Crippen molar-refractivity contribution < 1.29 is 24.2 Å². The highest BCUT2D eigenvalue weighted by molar-refractivity contribution is 7.10. The Morgan fingerprint density at radius 2 is 1.85 bits per heavy atom. The van der Waals surface area contributed by atoms with E-state index in [0.717, 1.165) is 10.4 Å². The van der Waals surface area contributed by atoms with Gasteiger partial charge < -0.3 is 9.84 Å². The third-order valence-corrected chi connectivity index (χ3v) is 6.45. The first-order valence-electron chi connectivity index (χ1n) is 10.6. The third-order valence-electron chi connectivity index (χ3n) is 5.29. The molecule has 8 heteroatoms. The summed E-state index contributed by atoms with van der Waals surface area (Å²) in [5.74, 6) is -2.15. The van der Waals surface area contributed by atoms with Crippen LogP contribution < -0.4 is 4.90 Å². The van der Waals surface area contributed by atoms with Crippen LogP contribution in [0.4, 0.5) is 5.69 Å². The molecule has 6 nitrogen and oxygen atoms in total. The van der Waals surface area contributed by atoms with E-state index < -0.39 is 17.7 Å². The second kappa shape index (κ2) is 9.83. The van der Waals surface area contributed by atoms with Crippen LogP contribution in [0.3, 0.4) is 0 Å². The van der Waals surface area contributed by atoms with Crippen LogP contribution in [0.5, 0.6) is 0 Å². The van der Waals surface area contributed by atoms with Gasteiger partial charge in [0.15, 0.2) is 0 Å². The lowest BCUT2D eigenvalue weighted by atomic mass is 9.99. The molecule has 1 atom stereocenters. The number of thiophene rings is 1. The summed E-state index contributed by atoms with van der Waals surface area (Å²) in [4.78, 5) is 40.3. The molecular weight excluding hydrogens is 474 g/mol. The van der Waals surface area contributed by atoms with Gasteiger partial charge in [-0.15, -0.1) is 11.3 Å². The normalized spacial score (nSPS) is 17.4. The largest absolute Gasteiger partial charge is 0.507 e. The Kier molecular flexibility index (Phi) is 6.86. The fraction of sp³-hybridized carbons (Fsp3) is 0.192. The van der Waals surface area contributed by atoms with Crippen molar-refractivity contribution in [2.24, 2.45) is 0 Å². The summed E-state index contributed by atoms with van der Waals surface area (Å²) in [5, 5.41) is 13.3. The molecule has 1 aromatic heterocycles. The fourth-order valence-corrected chi connectivity index (χ4v) is 4.87. The first-order valence-corrected chi connectivity index (χ1v) is 11.9. The van der Waals surface area contributed by atoms with E-state index in [1.54, 1.807) is 62.4 Å². The summed E-state index contributed by atoms with van der Waals surface area (Å²) in [6.45, 7) is 3.57. The van der Waals surface area contributed by atoms with E-state index in [1.807, 2.05) is 17.5 Å². The van der Waals surface area contributed by atoms with Gasteiger partial charge in [-0.25, -0.2) is 0 Å². The molecule has 34 heavy (non-hydrogen) atoms. The summed E-state index contributed by atoms with van der Waals surface area (Å²) < 4.78 is 5.18. The first kappa shape index (κ1) is 23.7. The van der Waals surface area contributed by atoms with Gasteiger partial charge in [-0.05, 0) is 55.1 Å². The van der Waals surface area contributed by atoms with Gasteiger partial charge in [0.25, 0.3) is 11.7 Å². The Labute approximate surface area is 206 Å². The van der Waals surface area contributed by atoms with E-state index >= 15 is 0 Å². The van der Waals surface area contributed by atoms with Crippen LogP contribution in [0.15, 0.2) is 71.6 Å². The molecule has 3 aromatic rings. The standard InChI is InChI=1S/C26H22ClNO5S/c1-15(2)33-21(29)13-16-8-10-19(11-9-16)28-23(20-7-4-12-34-20)22(25(31)26(28)32)24(30)17-5-3-6-18(27)14-17/h3-12,14-15,23,30H,13H2,1-2H3/b24-22-. The van der Waals surface area contributed by atoms with Crippen molar-refractivity contribution in [3.05, 3.63) is 92.6 Å². The third kappa shape index (κ3) is 4.76. The van der Waals surface area contributed by atoms with E-state index in [1.165, 1.54) is 16.2 Å². The number of esters is 1. The number of rotatable bonds is 6. The first-order chi connectivity index (χ1) is 16.3. The maximum atomic E-state index is 13.1. The Morgan fingerprint density at radius 1 is 1.12 bits per heavy atom. The highest BCUT2D eigenvalue weighted by atomic mass is 35.5. The number of nitrogens with zero attached hydrogens (tertiary/aromatic N) is 1. The molecule has 1 saturated heterocycles. The van der Waals surface area contributed by atoms with Crippen molar-refractivity contribution in [1.29, 1.82) is 0 Å². The maximum Gasteiger partial charge on any atom is 0.310 e. The molecule has 1 aliphatic heterocycles. The van der Waals surface area contributed by atoms with Crippen LogP contribution >= 0.6 is 22.9 Å². The lowest BCUT2D eigenvalue weighted by molar-refractivity contribution is -0.146. The summed E-state index contributed by atoms with van der Waals surface area (Å²) in [6.07, 6.45) is -0.107. The van der Waals surface area contributed by atoms with Crippen LogP contribution in [-0.4, -0.2) is 28.9 Å². The van der Waals surface area contributed by atoms with E-state index in [0.29, 0.717) is 16.3 Å². The van der Waals surface area contributed by atoms with E-state index in [2.05, 4.69) is 0 Å². The van der Waals surface area contributed by atoms with Crippen molar-refractivity contribution >= 4 is 52.0 Å². The number of carbonyl (C=O) groups is 3. The monoisotopic (exact) mass is 495 g/mol. The van der Waals surface area contributed by atoms with Crippen molar-refractivity contribution in [1.82, 2.24) is 0 Å². The molecule has 0 spiro atoms. The Bertz CT molecular complexity index is 1260. The fourth-order valence-electron chi connectivity index (χ4n) is 3.85. The van der Waals surface area contributed by atoms with Crippen molar-refractivity contribution in [3.63, 3.8) is 0 Å². The Hall–Kier alpha value is -3.42. The molecule has 2 aromatic carbocycles. The van der Waals surface area contributed by atoms with Gasteiger partial charge >= 0.3 is 5.97 Å². The van der Waals surface area contributed by atoms with Gasteiger partial charge in [-0.3, -0.25) is 19.3 Å². The predicted molar refractivity (Wildman–Crippen MR) is 132 cm³/mol. The number of ether oxygens (including phenoxy) is 1. The number of halogens is 1. The minimum absolute atomic E-state index is 0.000644. The molecule has 1 amide bonds. The van der Waals surface area contributed by atoms with E-state index in [4.69, 9.17) is 16.3 Å². The average Bonchev–Trinajstić information content (AvgIpc) is 3.40. The topological polar surface area (TPSA) is 83.9 Å². The highest BCUT2D eigenvalue weighted by Gasteiger charge is 2.47. The van der Waals surface area contributed by atoms with Crippen molar-refractivity contribution in [2.75, 3.05) is 4.90 Å². The Balaban J connectivity index is 1.74. The number of aliphatic hydroxyl groups excluding tert-OH is 1. The number of hydrogen-bond donors (Lipinski definition) is 1. The predicted octanol–water partition coefficient (Wildman–Crippen LogP) is 5.52. The second-order valence-electron chi connectivity index (χ2n) is 8.08. The van der Waals surface area contributed by atoms with Crippen LogP contribution in [-0.2, 0) is 25.5 Å². The minimum atomic E-state index is -0.796. The van der Waals surface area contributed by atoms with Gasteiger partial charge in [0.05, 0.1) is 18.1 Å². The highest BCUT2D eigenvalue weighted by Crippen LogP contribution is 2.43. The zero-order valence-electron chi connectivity index (χ0n) is 18.5. The Morgan fingerprint density at radius 3 is 2.47 bits per heavy atom. The number of Topliss-reactive ketones (excluding diaryl/α,β-unsaturated/α-hetero) is 1. The summed E-state index contributed by atoms with van der Waals surface area (Å²) >= 11 is 7.45. The van der Waals surface area contributed by atoms with Gasteiger partial charge in [0.1, 0.15) is 11.8 Å². The van der Waals surface area contributed by atoms with Gasteiger partial charge in [-0.1, -0.05) is 41.9 Å². The minimum Gasteiger partial charge on any atom is -0.507 e. The number of aliphatic hydroxyl groups is 1. The number of hydrogen-bond acceptors (Lipinski definition) is 6. The smallest absolute Gasteiger partial charge is 0.310 e. The van der Waals surface area contributed by atoms with Crippen LogP contribution in [0.2, 0.25) is 5.02 Å². The molecule has 174 valence electrons. The van der Waals surface area contributed by atoms with Crippen molar-refractivity contribution in [3.8, 4) is 0 Å². The molecule has 2 heterocycles. The molecule has 0 radical (unpaired) electrons. The lowest BCUT2D eigenvalue weighted by Crippen LogP contribution is -2.29. The number of carbonyl (C=O) groups excluding carboxylic acids is 3. The molecule has 0 bridgehead atoms. The summed E-state index contributed by atoms with van der Waals surface area (Å²) in [7, 11) is 0. The zero-order valence-corrected chi connectivity index (χ0v) is 20.1. The molecule has 1 fully saturated rings. The molecular formula is C26H22ClNO5S. The summed E-state index contributed by atoms with van der Waals surface area (Å²) in [5.41, 5.74) is 1.55. The number of anilines is 1. The van der Waals surface area contributed by atoms with Gasteiger partial charge in [0, 0.05) is 21.2 Å². The maximum absolute atomic E-state index is 13.1.